The van der Waals surface area contributed by atoms with Crippen molar-refractivity contribution in [2.75, 3.05) is 12.3 Å². The number of nitrogen functional groups attached to an aromatic ring is 1. The number of aromatic nitrogens is 2. The van der Waals surface area contributed by atoms with E-state index in [9.17, 15) is 0 Å². The summed E-state index contributed by atoms with van der Waals surface area (Å²) in [6.45, 7) is 1.02. The number of piperidine rings is 1. The predicted octanol–water partition coefficient (Wildman–Crippen LogP) is 0.466. The fraction of sp³-hybridized carbons (Fsp3) is 0.714. The average Bonchev–Trinajstić information content (AvgIpc) is 2.54. The molecule has 12 heavy (non-hydrogen) atoms. The monoisotopic (exact) mass is 168 g/mol. The highest BCUT2D eigenvalue weighted by atomic mass is 16.5. The summed E-state index contributed by atoms with van der Waals surface area (Å²) in [4.78, 5) is 3.97. The molecule has 1 aliphatic rings. The first kappa shape index (κ1) is 7.54. The lowest BCUT2D eigenvalue weighted by atomic mass is 10.1. The lowest BCUT2D eigenvalue weighted by Gasteiger charge is -2.19. The average molecular weight is 168 g/mol. The van der Waals surface area contributed by atoms with Gasteiger partial charge >= 0.3 is 0 Å². The number of anilines is 1. The minimum atomic E-state index is 0.212. The van der Waals surface area contributed by atoms with Crippen molar-refractivity contribution >= 4 is 5.95 Å². The molecule has 1 aromatic rings. The molecule has 1 atom stereocenters. The van der Waals surface area contributed by atoms with E-state index in [4.69, 9.17) is 10.3 Å². The van der Waals surface area contributed by atoms with Gasteiger partial charge in [-0.3, -0.25) is 0 Å². The second kappa shape index (κ2) is 3.10. The number of rotatable bonds is 1. The summed E-state index contributed by atoms with van der Waals surface area (Å²) >= 11 is 0. The Kier molecular flexibility index (Phi) is 1.95. The Morgan fingerprint density at radius 2 is 2.42 bits per heavy atom. The Morgan fingerprint density at radius 3 is 3.00 bits per heavy atom. The van der Waals surface area contributed by atoms with Crippen LogP contribution in [0.15, 0.2) is 4.52 Å². The molecule has 0 radical (unpaired) electrons. The number of nitrogens with two attached hydrogens (primary N) is 1. The number of nitrogens with one attached hydrogen (secondary N) is 1. The van der Waals surface area contributed by atoms with Crippen molar-refractivity contribution in [2.24, 2.45) is 0 Å². The van der Waals surface area contributed by atoms with Crippen LogP contribution in [0.1, 0.15) is 31.2 Å². The molecule has 1 saturated heterocycles. The molecule has 2 rings (SSSR count). The number of hydrogen-bond acceptors (Lipinski definition) is 5. The minimum Gasteiger partial charge on any atom is -0.365 e. The molecule has 66 valence electrons. The molecule has 2 heterocycles. The number of nitrogens with zero attached hydrogens (tertiary/aromatic N) is 2. The maximum absolute atomic E-state index is 5.34. The highest BCUT2D eigenvalue weighted by Crippen LogP contribution is 2.21. The fourth-order valence-electron chi connectivity index (χ4n) is 1.45. The molecule has 0 amide bonds. The second-order valence-electron chi connectivity index (χ2n) is 2.99. The highest BCUT2D eigenvalue weighted by Gasteiger charge is 2.19. The van der Waals surface area contributed by atoms with E-state index in [1.165, 1.54) is 12.8 Å². The normalized spacial score (nSPS) is 24.2. The molecule has 1 fully saturated rings. The molecule has 5 heteroatoms. The summed E-state index contributed by atoms with van der Waals surface area (Å²) in [7, 11) is 0. The standard InChI is InChI=1S/C7H12N4O/c8-7-10-6(12-11-7)5-3-1-2-4-9-5/h5,9H,1-4H2,(H2,8,11)/t5-/m0/s1. The smallest absolute Gasteiger partial charge is 0.260 e. The van der Waals surface area contributed by atoms with Crippen LogP contribution in [0.2, 0.25) is 0 Å². The molecule has 0 aliphatic carbocycles. The van der Waals surface area contributed by atoms with E-state index in [0.717, 1.165) is 13.0 Å². The third-order valence-corrected chi connectivity index (χ3v) is 2.07. The van der Waals surface area contributed by atoms with Gasteiger partial charge in [-0.25, -0.2) is 0 Å². The van der Waals surface area contributed by atoms with Crippen molar-refractivity contribution in [1.82, 2.24) is 15.5 Å². The van der Waals surface area contributed by atoms with E-state index < -0.39 is 0 Å². The molecule has 5 nitrogen and oxygen atoms in total. The van der Waals surface area contributed by atoms with Crippen molar-refractivity contribution < 1.29 is 4.52 Å². The summed E-state index contributed by atoms with van der Waals surface area (Å²) in [5, 5.41) is 6.84. The molecule has 0 spiro atoms. The zero-order chi connectivity index (χ0) is 8.39. The van der Waals surface area contributed by atoms with Gasteiger partial charge in [0.15, 0.2) is 0 Å². The molecule has 0 aromatic carbocycles. The van der Waals surface area contributed by atoms with E-state index >= 15 is 0 Å². The Morgan fingerprint density at radius 1 is 1.50 bits per heavy atom. The third kappa shape index (κ3) is 1.40. The van der Waals surface area contributed by atoms with Crippen molar-refractivity contribution in [3.63, 3.8) is 0 Å². The van der Waals surface area contributed by atoms with Gasteiger partial charge in [0.1, 0.15) is 0 Å². The van der Waals surface area contributed by atoms with E-state index in [-0.39, 0.29) is 12.0 Å². The van der Waals surface area contributed by atoms with E-state index in [2.05, 4.69) is 15.5 Å². The van der Waals surface area contributed by atoms with Crippen LogP contribution >= 0.6 is 0 Å². The maximum atomic E-state index is 5.34. The van der Waals surface area contributed by atoms with Crippen LogP contribution in [-0.2, 0) is 0 Å². The summed E-state index contributed by atoms with van der Waals surface area (Å²) in [6, 6.07) is 0.212. The Bertz CT molecular complexity index is 254. The first-order valence-electron chi connectivity index (χ1n) is 4.19. The first-order valence-corrected chi connectivity index (χ1v) is 4.19. The van der Waals surface area contributed by atoms with Gasteiger partial charge in [-0.05, 0) is 24.5 Å². The van der Waals surface area contributed by atoms with Crippen LogP contribution in [0.4, 0.5) is 5.95 Å². The van der Waals surface area contributed by atoms with Crippen LogP contribution < -0.4 is 11.1 Å². The van der Waals surface area contributed by atoms with Crippen molar-refractivity contribution in [2.45, 2.75) is 25.3 Å². The molecular weight excluding hydrogens is 156 g/mol. The van der Waals surface area contributed by atoms with Crippen LogP contribution in [0.5, 0.6) is 0 Å². The molecule has 1 aromatic heterocycles. The van der Waals surface area contributed by atoms with Crippen LogP contribution in [-0.4, -0.2) is 16.7 Å². The first-order chi connectivity index (χ1) is 5.86. The van der Waals surface area contributed by atoms with Crippen molar-refractivity contribution in [3.05, 3.63) is 5.89 Å². The molecule has 0 bridgehead atoms. The van der Waals surface area contributed by atoms with Gasteiger partial charge in [0.2, 0.25) is 5.89 Å². The molecule has 3 N–H and O–H groups in total. The fourth-order valence-corrected chi connectivity index (χ4v) is 1.45. The SMILES string of the molecule is Nc1noc([C@@H]2CCCCN2)n1. The summed E-state index contributed by atoms with van der Waals surface area (Å²) in [5.41, 5.74) is 5.34. The van der Waals surface area contributed by atoms with Crippen LogP contribution in [0.25, 0.3) is 0 Å². The number of hydrogen-bond donors (Lipinski definition) is 2. The van der Waals surface area contributed by atoms with Gasteiger partial charge in [-0.15, -0.1) is 0 Å². The van der Waals surface area contributed by atoms with Crippen molar-refractivity contribution in [3.8, 4) is 0 Å². The Hall–Kier alpha value is -1.10. The lowest BCUT2D eigenvalue weighted by molar-refractivity contribution is 0.297. The lowest BCUT2D eigenvalue weighted by Crippen LogP contribution is -2.26. The summed E-state index contributed by atoms with van der Waals surface area (Å²) < 4.78 is 4.96. The molecule has 0 unspecified atom stereocenters. The minimum absolute atomic E-state index is 0.212. The molecule has 0 saturated carbocycles. The van der Waals surface area contributed by atoms with E-state index in [0.29, 0.717) is 5.89 Å². The highest BCUT2D eigenvalue weighted by molar-refractivity contribution is 5.12. The second-order valence-corrected chi connectivity index (χ2v) is 2.99. The third-order valence-electron chi connectivity index (χ3n) is 2.07. The van der Waals surface area contributed by atoms with Gasteiger partial charge in [0, 0.05) is 0 Å². The van der Waals surface area contributed by atoms with Gasteiger partial charge in [0.25, 0.3) is 5.95 Å². The van der Waals surface area contributed by atoms with Gasteiger partial charge in [-0.1, -0.05) is 6.42 Å². The predicted molar refractivity (Wildman–Crippen MR) is 43.3 cm³/mol. The van der Waals surface area contributed by atoms with E-state index in [1.54, 1.807) is 0 Å². The van der Waals surface area contributed by atoms with Crippen LogP contribution in [0.3, 0.4) is 0 Å². The van der Waals surface area contributed by atoms with Gasteiger partial charge in [0.05, 0.1) is 6.04 Å². The largest absolute Gasteiger partial charge is 0.365 e. The zero-order valence-corrected chi connectivity index (χ0v) is 6.79. The van der Waals surface area contributed by atoms with Gasteiger partial charge in [-0.2, -0.15) is 4.98 Å². The maximum Gasteiger partial charge on any atom is 0.260 e. The van der Waals surface area contributed by atoms with Crippen LogP contribution in [0, 0.1) is 0 Å². The molecular formula is C7H12N4O. The topological polar surface area (TPSA) is 77.0 Å². The molecule has 1 aliphatic heterocycles. The summed E-state index contributed by atoms with van der Waals surface area (Å²) in [6.07, 6.45) is 3.49. The Balaban J connectivity index is 2.08. The summed E-state index contributed by atoms with van der Waals surface area (Å²) in [5.74, 6) is 0.838. The van der Waals surface area contributed by atoms with Crippen molar-refractivity contribution in [1.29, 1.82) is 0 Å². The van der Waals surface area contributed by atoms with Gasteiger partial charge < -0.3 is 15.6 Å². The van der Waals surface area contributed by atoms with E-state index in [1.807, 2.05) is 0 Å². The quantitative estimate of drug-likeness (QED) is 0.637. The zero-order valence-electron chi connectivity index (χ0n) is 6.79. The Labute approximate surface area is 70.3 Å².